The number of rotatable bonds is 0. The third-order valence-corrected chi connectivity index (χ3v) is 1.84. The molecule has 1 aromatic carbocycles. The summed E-state index contributed by atoms with van der Waals surface area (Å²) in [6.45, 7) is 4.01. The van der Waals surface area contributed by atoms with Gasteiger partial charge in [-0.2, -0.15) is 4.98 Å². The summed E-state index contributed by atoms with van der Waals surface area (Å²) in [6, 6.07) is 4.24. The third kappa shape index (κ3) is 0.942. The van der Waals surface area contributed by atoms with E-state index in [1.165, 1.54) is 5.56 Å². The van der Waals surface area contributed by atoms with Crippen LogP contribution in [0.5, 0.6) is 0 Å². The third-order valence-electron chi connectivity index (χ3n) is 1.84. The topological polar surface area (TPSA) is 52.0 Å². The average Bonchev–Trinajstić information content (AvgIpc) is 2.29. The lowest BCUT2D eigenvalue weighted by Crippen LogP contribution is -1.80. The minimum Gasteiger partial charge on any atom is -0.423 e. The lowest BCUT2D eigenvalue weighted by molar-refractivity contribution is 0.623. The summed E-state index contributed by atoms with van der Waals surface area (Å²) in [5.74, 6) is 0. The zero-order valence-electron chi connectivity index (χ0n) is 7.09. The Bertz CT molecular complexity index is 431. The molecule has 62 valence electrons. The largest absolute Gasteiger partial charge is 0.423 e. The van der Waals surface area contributed by atoms with E-state index in [1.807, 2.05) is 26.0 Å². The molecule has 2 aromatic rings. The summed E-state index contributed by atoms with van der Waals surface area (Å²) < 4.78 is 5.22. The predicted octanol–water partition coefficient (Wildman–Crippen LogP) is 2.03. The summed E-state index contributed by atoms with van der Waals surface area (Å²) in [6.07, 6.45) is 0. The Morgan fingerprint density at radius 1 is 1.33 bits per heavy atom. The lowest BCUT2D eigenvalue weighted by Gasteiger charge is -1.94. The van der Waals surface area contributed by atoms with Crippen molar-refractivity contribution in [2.24, 2.45) is 0 Å². The van der Waals surface area contributed by atoms with E-state index < -0.39 is 0 Å². The number of hydrogen-bond donors (Lipinski definition) is 1. The Balaban J connectivity index is 2.88. The highest BCUT2D eigenvalue weighted by molar-refractivity contribution is 5.78. The maximum absolute atomic E-state index is 5.43. The number of hydrogen-bond acceptors (Lipinski definition) is 3. The van der Waals surface area contributed by atoms with Crippen LogP contribution in [0.25, 0.3) is 11.1 Å². The molecule has 0 aliphatic rings. The normalized spacial score (nSPS) is 10.8. The van der Waals surface area contributed by atoms with Crippen molar-refractivity contribution in [3.63, 3.8) is 0 Å². The molecule has 0 amide bonds. The fraction of sp³-hybridized carbons (Fsp3) is 0.222. The van der Waals surface area contributed by atoms with Crippen molar-refractivity contribution in [1.29, 1.82) is 0 Å². The highest BCUT2D eigenvalue weighted by atomic mass is 16.4. The van der Waals surface area contributed by atoms with Gasteiger partial charge in [0.1, 0.15) is 5.52 Å². The SMILES string of the molecule is Cc1cc(C)c2oc(N)nc2c1. The van der Waals surface area contributed by atoms with Gasteiger partial charge in [-0.1, -0.05) is 6.07 Å². The highest BCUT2D eigenvalue weighted by Gasteiger charge is 2.05. The number of fused-ring (bicyclic) bond motifs is 1. The van der Waals surface area contributed by atoms with E-state index in [2.05, 4.69) is 4.98 Å². The maximum atomic E-state index is 5.43. The van der Waals surface area contributed by atoms with E-state index in [0.717, 1.165) is 16.7 Å². The van der Waals surface area contributed by atoms with Crippen LogP contribution in [0.15, 0.2) is 16.5 Å². The van der Waals surface area contributed by atoms with E-state index in [0.29, 0.717) is 0 Å². The van der Waals surface area contributed by atoms with Gasteiger partial charge in [0.15, 0.2) is 5.58 Å². The first-order chi connectivity index (χ1) is 5.66. The minimum atomic E-state index is 0.235. The summed E-state index contributed by atoms with van der Waals surface area (Å²) in [5, 5.41) is 0. The van der Waals surface area contributed by atoms with Gasteiger partial charge in [0.05, 0.1) is 0 Å². The van der Waals surface area contributed by atoms with Crippen molar-refractivity contribution in [1.82, 2.24) is 4.98 Å². The minimum absolute atomic E-state index is 0.235. The number of oxazole rings is 1. The van der Waals surface area contributed by atoms with E-state index >= 15 is 0 Å². The highest BCUT2D eigenvalue weighted by Crippen LogP contribution is 2.21. The Hall–Kier alpha value is -1.51. The molecule has 0 unspecified atom stereocenters. The molecule has 2 rings (SSSR count). The summed E-state index contributed by atoms with van der Waals surface area (Å²) in [7, 11) is 0. The van der Waals surface area contributed by atoms with Gasteiger partial charge >= 0.3 is 0 Å². The second kappa shape index (κ2) is 2.24. The molecule has 12 heavy (non-hydrogen) atoms. The van der Waals surface area contributed by atoms with Crippen molar-refractivity contribution in [2.75, 3.05) is 5.73 Å². The summed E-state index contributed by atoms with van der Waals surface area (Å²) in [4.78, 5) is 4.05. The number of aryl methyl sites for hydroxylation is 2. The van der Waals surface area contributed by atoms with Crippen LogP contribution in [0.1, 0.15) is 11.1 Å². The molecular formula is C9H10N2O. The van der Waals surface area contributed by atoms with Crippen LogP contribution in [0.2, 0.25) is 0 Å². The zero-order valence-corrected chi connectivity index (χ0v) is 7.09. The maximum Gasteiger partial charge on any atom is 0.292 e. The molecule has 0 aliphatic carbocycles. The fourth-order valence-corrected chi connectivity index (χ4v) is 1.39. The quantitative estimate of drug-likeness (QED) is 0.644. The second-order valence-electron chi connectivity index (χ2n) is 2.98. The van der Waals surface area contributed by atoms with Gasteiger partial charge in [0.25, 0.3) is 6.01 Å². The Kier molecular flexibility index (Phi) is 1.33. The van der Waals surface area contributed by atoms with Crippen molar-refractivity contribution in [2.45, 2.75) is 13.8 Å². The van der Waals surface area contributed by atoms with Crippen molar-refractivity contribution < 1.29 is 4.42 Å². The van der Waals surface area contributed by atoms with E-state index in [4.69, 9.17) is 10.2 Å². The predicted molar refractivity (Wildman–Crippen MR) is 47.9 cm³/mol. The molecule has 1 heterocycles. The zero-order chi connectivity index (χ0) is 8.72. The number of aromatic nitrogens is 1. The van der Waals surface area contributed by atoms with E-state index in [9.17, 15) is 0 Å². The lowest BCUT2D eigenvalue weighted by atomic mass is 10.1. The first-order valence-electron chi connectivity index (χ1n) is 3.80. The molecule has 0 bridgehead atoms. The van der Waals surface area contributed by atoms with Gasteiger partial charge in [-0.05, 0) is 31.0 Å². The van der Waals surface area contributed by atoms with Crippen LogP contribution in [-0.2, 0) is 0 Å². The Morgan fingerprint density at radius 3 is 2.83 bits per heavy atom. The van der Waals surface area contributed by atoms with Gasteiger partial charge in [-0.15, -0.1) is 0 Å². The van der Waals surface area contributed by atoms with Crippen molar-refractivity contribution in [3.05, 3.63) is 23.3 Å². The molecular weight excluding hydrogens is 152 g/mol. The smallest absolute Gasteiger partial charge is 0.292 e. The van der Waals surface area contributed by atoms with Crippen LogP contribution >= 0.6 is 0 Å². The average molecular weight is 162 g/mol. The number of nitrogen functional groups attached to an aromatic ring is 1. The summed E-state index contributed by atoms with van der Waals surface area (Å²) >= 11 is 0. The Labute approximate surface area is 70.2 Å². The monoisotopic (exact) mass is 162 g/mol. The van der Waals surface area contributed by atoms with Gasteiger partial charge in [0, 0.05) is 0 Å². The molecule has 0 saturated carbocycles. The fourth-order valence-electron chi connectivity index (χ4n) is 1.39. The molecule has 0 aliphatic heterocycles. The molecule has 2 N–H and O–H groups in total. The number of nitrogens with two attached hydrogens (primary N) is 1. The molecule has 0 atom stereocenters. The first kappa shape index (κ1) is 7.16. The number of anilines is 1. The van der Waals surface area contributed by atoms with Crippen LogP contribution in [0.4, 0.5) is 6.01 Å². The van der Waals surface area contributed by atoms with Crippen molar-refractivity contribution >= 4 is 17.1 Å². The van der Waals surface area contributed by atoms with Gasteiger partial charge in [-0.3, -0.25) is 0 Å². The van der Waals surface area contributed by atoms with Gasteiger partial charge in [0.2, 0.25) is 0 Å². The second-order valence-corrected chi connectivity index (χ2v) is 2.98. The van der Waals surface area contributed by atoms with Gasteiger partial charge < -0.3 is 10.2 Å². The van der Waals surface area contributed by atoms with Gasteiger partial charge in [-0.25, -0.2) is 0 Å². The molecule has 0 saturated heterocycles. The molecule has 0 fully saturated rings. The molecule has 0 spiro atoms. The van der Waals surface area contributed by atoms with Crippen LogP contribution in [0.3, 0.4) is 0 Å². The van der Waals surface area contributed by atoms with E-state index in [-0.39, 0.29) is 6.01 Å². The molecule has 0 radical (unpaired) electrons. The van der Waals surface area contributed by atoms with Crippen LogP contribution in [-0.4, -0.2) is 4.98 Å². The van der Waals surface area contributed by atoms with E-state index in [1.54, 1.807) is 0 Å². The number of benzene rings is 1. The van der Waals surface area contributed by atoms with Crippen LogP contribution in [0, 0.1) is 13.8 Å². The number of nitrogens with zero attached hydrogens (tertiary/aromatic N) is 1. The molecule has 1 aromatic heterocycles. The Morgan fingerprint density at radius 2 is 2.08 bits per heavy atom. The van der Waals surface area contributed by atoms with Crippen LogP contribution < -0.4 is 5.73 Å². The first-order valence-corrected chi connectivity index (χ1v) is 3.80. The van der Waals surface area contributed by atoms with Crippen molar-refractivity contribution in [3.8, 4) is 0 Å². The standard InChI is InChI=1S/C9H10N2O/c1-5-3-6(2)8-7(4-5)11-9(10)12-8/h3-4H,1-2H3,(H2,10,11). The summed E-state index contributed by atoms with van der Waals surface area (Å²) in [5.41, 5.74) is 9.31. The molecule has 3 heteroatoms. The molecule has 3 nitrogen and oxygen atoms in total.